The Morgan fingerprint density at radius 3 is 3.17 bits per heavy atom. The minimum absolute atomic E-state index is 0.0752. The molecule has 94 valence electrons. The van der Waals surface area contributed by atoms with Crippen molar-refractivity contribution in [1.29, 1.82) is 0 Å². The SMILES string of the molecule is O=C(c1ccno1)N1CCC[C@H](c2nccs2)C1. The summed E-state index contributed by atoms with van der Waals surface area (Å²) in [5.41, 5.74) is 0. The molecule has 2 aromatic heterocycles. The average molecular weight is 263 g/mol. The van der Waals surface area contributed by atoms with Crippen LogP contribution >= 0.6 is 11.3 Å². The predicted octanol–water partition coefficient (Wildman–Crippen LogP) is 2.15. The highest BCUT2D eigenvalue weighted by atomic mass is 32.1. The molecule has 1 atom stereocenters. The van der Waals surface area contributed by atoms with Crippen LogP contribution in [-0.4, -0.2) is 34.0 Å². The molecule has 0 unspecified atom stereocenters. The second-order valence-corrected chi connectivity index (χ2v) is 5.26. The van der Waals surface area contributed by atoms with E-state index in [2.05, 4.69) is 10.1 Å². The zero-order valence-corrected chi connectivity index (χ0v) is 10.6. The molecule has 5 nitrogen and oxygen atoms in total. The van der Waals surface area contributed by atoms with Crippen molar-refractivity contribution < 1.29 is 9.32 Å². The Kier molecular flexibility index (Phi) is 3.10. The number of nitrogens with zero attached hydrogens (tertiary/aromatic N) is 3. The van der Waals surface area contributed by atoms with Crippen LogP contribution in [0.1, 0.15) is 34.3 Å². The second-order valence-electron chi connectivity index (χ2n) is 4.34. The summed E-state index contributed by atoms with van der Waals surface area (Å²) in [4.78, 5) is 18.3. The number of carbonyl (C=O) groups is 1. The molecule has 18 heavy (non-hydrogen) atoms. The van der Waals surface area contributed by atoms with Gasteiger partial charge in [0.2, 0.25) is 5.76 Å². The summed E-state index contributed by atoms with van der Waals surface area (Å²) in [6, 6.07) is 1.61. The molecular weight excluding hydrogens is 250 g/mol. The molecule has 0 aliphatic carbocycles. The summed E-state index contributed by atoms with van der Waals surface area (Å²) in [5.74, 6) is 0.592. The minimum Gasteiger partial charge on any atom is -0.351 e. The van der Waals surface area contributed by atoms with Crippen molar-refractivity contribution in [2.45, 2.75) is 18.8 Å². The van der Waals surface area contributed by atoms with E-state index in [1.807, 2.05) is 16.5 Å². The topological polar surface area (TPSA) is 59.2 Å². The molecule has 1 aliphatic rings. The lowest BCUT2D eigenvalue weighted by atomic mass is 9.98. The summed E-state index contributed by atoms with van der Waals surface area (Å²) < 4.78 is 4.92. The van der Waals surface area contributed by atoms with Gasteiger partial charge in [-0.2, -0.15) is 0 Å². The van der Waals surface area contributed by atoms with Crippen LogP contribution in [0.2, 0.25) is 0 Å². The molecule has 0 N–H and O–H groups in total. The van der Waals surface area contributed by atoms with Gasteiger partial charge in [-0.1, -0.05) is 5.16 Å². The van der Waals surface area contributed by atoms with E-state index in [9.17, 15) is 4.79 Å². The fraction of sp³-hybridized carbons (Fsp3) is 0.417. The molecular formula is C12H13N3O2S. The summed E-state index contributed by atoms with van der Waals surface area (Å²) in [7, 11) is 0. The summed E-state index contributed by atoms with van der Waals surface area (Å²) in [6.07, 6.45) is 5.41. The van der Waals surface area contributed by atoms with Crippen LogP contribution in [-0.2, 0) is 0 Å². The Morgan fingerprint density at radius 1 is 1.50 bits per heavy atom. The third kappa shape index (κ3) is 2.15. The third-order valence-electron chi connectivity index (χ3n) is 3.16. The van der Waals surface area contributed by atoms with Crippen molar-refractivity contribution in [1.82, 2.24) is 15.0 Å². The first kappa shape index (κ1) is 11.4. The quantitative estimate of drug-likeness (QED) is 0.833. The maximum atomic E-state index is 12.2. The molecule has 0 spiro atoms. The van der Waals surface area contributed by atoms with Gasteiger partial charge in [0, 0.05) is 36.7 Å². The van der Waals surface area contributed by atoms with Gasteiger partial charge in [0.05, 0.1) is 11.2 Å². The molecule has 1 saturated heterocycles. The first-order valence-corrected chi connectivity index (χ1v) is 6.82. The number of hydrogen-bond donors (Lipinski definition) is 0. The van der Waals surface area contributed by atoms with Crippen LogP contribution in [0.4, 0.5) is 0 Å². The van der Waals surface area contributed by atoms with E-state index in [4.69, 9.17) is 4.52 Å². The van der Waals surface area contributed by atoms with Crippen molar-refractivity contribution in [3.63, 3.8) is 0 Å². The number of amides is 1. The Bertz CT molecular complexity index is 509. The Balaban J connectivity index is 1.73. The molecule has 0 radical (unpaired) electrons. The van der Waals surface area contributed by atoms with Crippen LogP contribution in [0.5, 0.6) is 0 Å². The van der Waals surface area contributed by atoms with Gasteiger partial charge in [-0.15, -0.1) is 11.3 Å². The molecule has 3 heterocycles. The molecule has 0 bridgehead atoms. The van der Waals surface area contributed by atoms with Gasteiger partial charge >= 0.3 is 0 Å². The molecule has 6 heteroatoms. The fourth-order valence-electron chi connectivity index (χ4n) is 2.28. The molecule has 1 aliphatic heterocycles. The lowest BCUT2D eigenvalue weighted by Crippen LogP contribution is -2.38. The van der Waals surface area contributed by atoms with E-state index in [1.54, 1.807) is 17.4 Å². The smallest absolute Gasteiger partial charge is 0.292 e. The van der Waals surface area contributed by atoms with E-state index in [0.29, 0.717) is 18.2 Å². The van der Waals surface area contributed by atoms with E-state index in [1.165, 1.54) is 6.20 Å². The monoisotopic (exact) mass is 263 g/mol. The van der Waals surface area contributed by atoms with E-state index < -0.39 is 0 Å². The standard InChI is InChI=1S/C12H13N3O2S/c16-12(10-3-4-14-17-10)15-6-1-2-9(8-15)11-13-5-7-18-11/h3-5,7,9H,1-2,6,8H2/t9-/m0/s1. The second kappa shape index (κ2) is 4.89. The van der Waals surface area contributed by atoms with Crippen molar-refractivity contribution in [3.8, 4) is 0 Å². The van der Waals surface area contributed by atoms with Gasteiger partial charge in [0.15, 0.2) is 0 Å². The number of carbonyl (C=O) groups excluding carboxylic acids is 1. The lowest BCUT2D eigenvalue weighted by molar-refractivity contribution is 0.0665. The molecule has 2 aromatic rings. The van der Waals surface area contributed by atoms with E-state index in [-0.39, 0.29) is 5.91 Å². The van der Waals surface area contributed by atoms with Crippen LogP contribution in [0, 0.1) is 0 Å². The number of likely N-dealkylation sites (tertiary alicyclic amines) is 1. The highest BCUT2D eigenvalue weighted by Gasteiger charge is 2.28. The average Bonchev–Trinajstić information content (AvgIpc) is 3.11. The molecule has 0 aromatic carbocycles. The van der Waals surface area contributed by atoms with Crippen LogP contribution in [0.15, 0.2) is 28.4 Å². The zero-order chi connectivity index (χ0) is 12.4. The predicted molar refractivity (Wildman–Crippen MR) is 66.5 cm³/mol. The largest absolute Gasteiger partial charge is 0.351 e. The Labute approximate surface area is 108 Å². The highest BCUT2D eigenvalue weighted by molar-refractivity contribution is 7.09. The molecule has 3 rings (SSSR count). The van der Waals surface area contributed by atoms with Crippen LogP contribution < -0.4 is 0 Å². The van der Waals surface area contributed by atoms with Gasteiger partial charge < -0.3 is 9.42 Å². The Morgan fingerprint density at radius 2 is 2.44 bits per heavy atom. The zero-order valence-electron chi connectivity index (χ0n) is 9.78. The van der Waals surface area contributed by atoms with Crippen LogP contribution in [0.25, 0.3) is 0 Å². The highest BCUT2D eigenvalue weighted by Crippen LogP contribution is 2.28. The van der Waals surface area contributed by atoms with E-state index in [0.717, 1.165) is 24.4 Å². The van der Waals surface area contributed by atoms with Crippen LogP contribution in [0.3, 0.4) is 0 Å². The number of thiazole rings is 1. The summed E-state index contributed by atoms with van der Waals surface area (Å²) >= 11 is 1.66. The summed E-state index contributed by atoms with van der Waals surface area (Å²) in [6.45, 7) is 1.49. The van der Waals surface area contributed by atoms with Gasteiger partial charge in [0.25, 0.3) is 5.91 Å². The van der Waals surface area contributed by atoms with Gasteiger partial charge in [-0.05, 0) is 12.8 Å². The van der Waals surface area contributed by atoms with E-state index >= 15 is 0 Å². The number of hydrogen-bond acceptors (Lipinski definition) is 5. The molecule has 0 saturated carbocycles. The molecule has 1 amide bonds. The number of aromatic nitrogens is 2. The number of rotatable bonds is 2. The number of piperidine rings is 1. The van der Waals surface area contributed by atoms with Gasteiger partial charge in [-0.3, -0.25) is 4.79 Å². The third-order valence-corrected chi connectivity index (χ3v) is 4.10. The van der Waals surface area contributed by atoms with Gasteiger partial charge in [0.1, 0.15) is 0 Å². The minimum atomic E-state index is -0.0752. The van der Waals surface area contributed by atoms with Crippen molar-refractivity contribution in [2.75, 3.05) is 13.1 Å². The normalized spacial score (nSPS) is 20.0. The Hall–Kier alpha value is -1.69. The lowest BCUT2D eigenvalue weighted by Gasteiger charge is -2.31. The van der Waals surface area contributed by atoms with Crippen molar-refractivity contribution in [3.05, 3.63) is 34.6 Å². The summed E-state index contributed by atoms with van der Waals surface area (Å²) in [5, 5.41) is 6.67. The van der Waals surface area contributed by atoms with Crippen molar-refractivity contribution in [2.24, 2.45) is 0 Å². The molecule has 1 fully saturated rings. The van der Waals surface area contributed by atoms with Gasteiger partial charge in [-0.25, -0.2) is 4.98 Å². The van der Waals surface area contributed by atoms with Crippen molar-refractivity contribution >= 4 is 17.2 Å². The first-order valence-electron chi connectivity index (χ1n) is 5.94. The fourth-order valence-corrected chi connectivity index (χ4v) is 3.05. The maximum Gasteiger partial charge on any atom is 0.292 e. The first-order chi connectivity index (χ1) is 8.84. The maximum absolute atomic E-state index is 12.2.